The molecule has 0 aliphatic heterocycles. The second kappa shape index (κ2) is 9.95. The Kier molecular flexibility index (Phi) is 6.97. The standard InChI is InChI=1S/C24H24F2N6O2S/c1-27-19(13-35-3)20-10-18(30-32(20)12-15-6-4-5-7-16(15)25)21-28-11-17(26)22(29-21)31(2)14-24(8-9-24)23(33)34/h4-7,10-11,13H,1,8-9,12,14H2,2-3H3,(H,33,34)/b19-13-. The number of aromatic nitrogens is 4. The van der Waals surface area contributed by atoms with Gasteiger partial charge in [0.2, 0.25) is 0 Å². The summed E-state index contributed by atoms with van der Waals surface area (Å²) >= 11 is 1.43. The Labute approximate surface area is 205 Å². The van der Waals surface area contributed by atoms with Gasteiger partial charge in [-0.3, -0.25) is 14.5 Å². The number of aliphatic carboxylic acids is 1. The van der Waals surface area contributed by atoms with Crippen molar-refractivity contribution in [3.8, 4) is 11.5 Å². The number of thioether (sulfide) groups is 1. The first-order chi connectivity index (χ1) is 16.8. The average Bonchev–Trinajstić information content (AvgIpc) is 3.51. The van der Waals surface area contributed by atoms with Crippen molar-refractivity contribution in [3.05, 3.63) is 64.8 Å². The van der Waals surface area contributed by atoms with Gasteiger partial charge in [0.05, 0.1) is 29.5 Å². The molecule has 0 radical (unpaired) electrons. The Morgan fingerprint density at radius 3 is 2.71 bits per heavy atom. The van der Waals surface area contributed by atoms with E-state index in [4.69, 9.17) is 0 Å². The van der Waals surface area contributed by atoms with Gasteiger partial charge in [-0.25, -0.2) is 18.7 Å². The summed E-state index contributed by atoms with van der Waals surface area (Å²) in [6.45, 7) is 3.88. The molecule has 4 rings (SSSR count). The van der Waals surface area contributed by atoms with E-state index in [0.717, 1.165) is 6.20 Å². The smallest absolute Gasteiger partial charge is 0.311 e. The molecule has 3 aromatic rings. The highest BCUT2D eigenvalue weighted by molar-refractivity contribution is 8.01. The van der Waals surface area contributed by atoms with Crippen LogP contribution in [-0.4, -0.2) is 57.4 Å². The van der Waals surface area contributed by atoms with E-state index >= 15 is 0 Å². The van der Waals surface area contributed by atoms with E-state index in [-0.39, 0.29) is 30.5 Å². The Morgan fingerprint density at radius 1 is 1.34 bits per heavy atom. The maximum Gasteiger partial charge on any atom is 0.311 e. The zero-order valence-electron chi connectivity index (χ0n) is 19.3. The molecule has 8 nitrogen and oxygen atoms in total. The number of carboxylic acid groups (broad SMARTS) is 1. The minimum Gasteiger partial charge on any atom is -0.481 e. The molecule has 1 aliphatic carbocycles. The van der Waals surface area contributed by atoms with E-state index in [1.165, 1.54) is 22.7 Å². The van der Waals surface area contributed by atoms with E-state index in [1.807, 2.05) is 6.26 Å². The van der Waals surface area contributed by atoms with Gasteiger partial charge in [-0.2, -0.15) is 5.10 Å². The summed E-state index contributed by atoms with van der Waals surface area (Å²) < 4.78 is 30.5. The molecule has 0 spiro atoms. The number of anilines is 1. The van der Waals surface area contributed by atoms with Gasteiger partial charge in [0.25, 0.3) is 0 Å². The predicted molar refractivity (Wildman–Crippen MR) is 132 cm³/mol. The minimum absolute atomic E-state index is 0.0190. The third-order valence-corrected chi connectivity index (χ3v) is 6.34. The lowest BCUT2D eigenvalue weighted by Crippen LogP contribution is -2.33. The lowest BCUT2D eigenvalue weighted by atomic mass is 10.1. The van der Waals surface area contributed by atoms with E-state index < -0.39 is 17.2 Å². The molecule has 35 heavy (non-hydrogen) atoms. The summed E-state index contributed by atoms with van der Waals surface area (Å²) in [5, 5.41) is 15.8. The largest absolute Gasteiger partial charge is 0.481 e. The van der Waals surface area contributed by atoms with Gasteiger partial charge in [-0.1, -0.05) is 18.2 Å². The number of carboxylic acids is 1. The molecule has 1 fully saturated rings. The summed E-state index contributed by atoms with van der Waals surface area (Å²) in [7, 11) is 1.60. The summed E-state index contributed by atoms with van der Waals surface area (Å²) in [5.41, 5.74) is 0.983. The number of aliphatic imine (C=N–C) groups is 1. The van der Waals surface area contributed by atoms with Gasteiger partial charge in [0.15, 0.2) is 17.5 Å². The molecule has 1 N–H and O–H groups in total. The number of nitrogens with zero attached hydrogens (tertiary/aromatic N) is 6. The number of halogens is 2. The third-order valence-electron chi connectivity index (χ3n) is 5.88. The topological polar surface area (TPSA) is 96.5 Å². The Bertz CT molecular complexity index is 1300. The van der Waals surface area contributed by atoms with Crippen LogP contribution in [0.15, 0.2) is 46.9 Å². The first kappa shape index (κ1) is 24.5. The van der Waals surface area contributed by atoms with E-state index in [2.05, 4.69) is 26.8 Å². The van der Waals surface area contributed by atoms with Gasteiger partial charge in [-0.15, -0.1) is 11.8 Å². The highest BCUT2D eigenvalue weighted by Gasteiger charge is 2.51. The number of rotatable bonds is 10. The summed E-state index contributed by atoms with van der Waals surface area (Å²) in [6, 6.07) is 8.07. The van der Waals surface area contributed by atoms with Gasteiger partial charge in [-0.05, 0) is 43.4 Å². The predicted octanol–water partition coefficient (Wildman–Crippen LogP) is 4.33. The first-order valence-corrected chi connectivity index (χ1v) is 12.1. The summed E-state index contributed by atoms with van der Waals surface area (Å²) in [4.78, 5) is 25.6. The van der Waals surface area contributed by atoms with Gasteiger partial charge >= 0.3 is 5.97 Å². The van der Waals surface area contributed by atoms with E-state index in [9.17, 15) is 18.7 Å². The lowest BCUT2D eigenvalue weighted by Gasteiger charge is -2.22. The zero-order chi connectivity index (χ0) is 25.2. The molecule has 11 heteroatoms. The van der Waals surface area contributed by atoms with E-state index in [0.29, 0.717) is 35.5 Å². The van der Waals surface area contributed by atoms with Crippen molar-refractivity contribution in [1.29, 1.82) is 0 Å². The number of hydrogen-bond donors (Lipinski definition) is 1. The lowest BCUT2D eigenvalue weighted by molar-refractivity contribution is -0.142. The summed E-state index contributed by atoms with van der Waals surface area (Å²) in [5.74, 6) is -1.81. The fraction of sp³-hybridized carbons (Fsp3) is 0.292. The Morgan fingerprint density at radius 2 is 2.09 bits per heavy atom. The normalized spacial score (nSPS) is 14.6. The molecule has 0 saturated heterocycles. The van der Waals surface area contributed by atoms with Crippen LogP contribution in [0.25, 0.3) is 17.2 Å². The van der Waals surface area contributed by atoms with Crippen LogP contribution in [0.2, 0.25) is 0 Å². The van der Waals surface area contributed by atoms with Crippen molar-refractivity contribution < 1.29 is 18.7 Å². The Balaban J connectivity index is 1.73. The number of hydrogen-bond acceptors (Lipinski definition) is 7. The first-order valence-electron chi connectivity index (χ1n) is 10.8. The fourth-order valence-corrected chi connectivity index (χ4v) is 4.22. The van der Waals surface area contributed by atoms with Crippen LogP contribution in [0.1, 0.15) is 24.1 Å². The maximum absolute atomic E-state index is 14.6. The molecule has 0 atom stereocenters. The van der Waals surface area contributed by atoms with Crippen molar-refractivity contribution in [2.45, 2.75) is 19.4 Å². The van der Waals surface area contributed by atoms with Crippen molar-refractivity contribution in [3.63, 3.8) is 0 Å². The second-order valence-corrected chi connectivity index (χ2v) is 9.07. The SMILES string of the molecule is C=N/C(=C\SC)c1cc(-c2ncc(F)c(N(C)CC3(C(=O)O)CC3)n2)nn1Cc1ccccc1F. The molecule has 0 unspecified atom stereocenters. The highest BCUT2D eigenvalue weighted by atomic mass is 32.2. The highest BCUT2D eigenvalue weighted by Crippen LogP contribution is 2.46. The quantitative estimate of drug-likeness (QED) is 0.416. The third kappa shape index (κ3) is 5.09. The van der Waals surface area contributed by atoms with Crippen LogP contribution in [0.4, 0.5) is 14.6 Å². The van der Waals surface area contributed by atoms with Crippen molar-refractivity contribution in [1.82, 2.24) is 19.7 Å². The van der Waals surface area contributed by atoms with Crippen LogP contribution in [-0.2, 0) is 11.3 Å². The van der Waals surface area contributed by atoms with Crippen LogP contribution in [0, 0.1) is 17.0 Å². The van der Waals surface area contributed by atoms with Gasteiger partial charge in [0.1, 0.15) is 11.5 Å². The monoisotopic (exact) mass is 498 g/mol. The summed E-state index contributed by atoms with van der Waals surface area (Å²) in [6.07, 6.45) is 3.98. The average molecular weight is 499 g/mol. The molecule has 0 amide bonds. The van der Waals surface area contributed by atoms with Crippen LogP contribution in [0.5, 0.6) is 0 Å². The van der Waals surface area contributed by atoms with Gasteiger partial charge in [0, 0.05) is 19.2 Å². The van der Waals surface area contributed by atoms with Crippen molar-refractivity contribution in [2.75, 3.05) is 24.7 Å². The van der Waals surface area contributed by atoms with Crippen LogP contribution in [0.3, 0.4) is 0 Å². The number of benzene rings is 1. The second-order valence-electron chi connectivity index (χ2n) is 8.37. The molecule has 1 aliphatic rings. The maximum atomic E-state index is 14.6. The van der Waals surface area contributed by atoms with Crippen LogP contribution < -0.4 is 4.90 Å². The molecule has 2 heterocycles. The molecular formula is C24H24F2N6O2S. The van der Waals surface area contributed by atoms with Crippen LogP contribution >= 0.6 is 11.8 Å². The molecule has 182 valence electrons. The molecular weight excluding hydrogens is 474 g/mol. The van der Waals surface area contributed by atoms with Crippen molar-refractivity contribution in [2.24, 2.45) is 10.4 Å². The van der Waals surface area contributed by atoms with Gasteiger partial charge < -0.3 is 10.0 Å². The fourth-order valence-electron chi connectivity index (χ4n) is 3.80. The van der Waals surface area contributed by atoms with E-state index in [1.54, 1.807) is 41.4 Å². The molecule has 1 saturated carbocycles. The minimum atomic E-state index is -0.902. The molecule has 0 bridgehead atoms. The number of carbonyl (C=O) groups is 1. The van der Waals surface area contributed by atoms with Crippen molar-refractivity contribution >= 4 is 36.0 Å². The Hall–Kier alpha value is -3.60. The molecule has 1 aromatic carbocycles. The zero-order valence-corrected chi connectivity index (χ0v) is 20.1. The molecule has 2 aromatic heterocycles.